The van der Waals surface area contributed by atoms with Gasteiger partial charge in [-0.2, -0.15) is 4.72 Å². The molecule has 1 rings (SSSR count). The number of rotatable bonds is 5. The van der Waals surface area contributed by atoms with E-state index in [1.165, 1.54) is 12.1 Å². The van der Waals surface area contributed by atoms with Crippen LogP contribution < -0.4 is 10.5 Å². The molecule has 1 aromatic rings. The third-order valence-corrected chi connectivity index (χ3v) is 3.17. The third-order valence-electron chi connectivity index (χ3n) is 1.78. The lowest BCUT2D eigenvalue weighted by atomic mass is 10.5. The minimum Gasteiger partial charge on any atom is -0.465 e. The van der Waals surface area contributed by atoms with E-state index < -0.39 is 22.5 Å². The van der Waals surface area contributed by atoms with E-state index in [4.69, 9.17) is 5.73 Å². The average Bonchev–Trinajstić information content (AvgIpc) is 2.28. The molecule has 0 radical (unpaired) electrons. The fraction of sp³-hybridized carbons (Fsp3) is 0.333. The Labute approximate surface area is 99.0 Å². The summed E-state index contributed by atoms with van der Waals surface area (Å²) >= 11 is 0. The SMILES string of the molecule is CCOC(=O)CNS(=O)(=O)c1ccc(N)nc1. The summed E-state index contributed by atoms with van der Waals surface area (Å²) in [5.41, 5.74) is 5.33. The van der Waals surface area contributed by atoms with E-state index in [-0.39, 0.29) is 17.3 Å². The molecule has 0 amide bonds. The van der Waals surface area contributed by atoms with Crippen molar-refractivity contribution in [2.24, 2.45) is 0 Å². The van der Waals surface area contributed by atoms with Gasteiger partial charge in [-0.05, 0) is 19.1 Å². The van der Waals surface area contributed by atoms with Crippen molar-refractivity contribution in [3.05, 3.63) is 18.3 Å². The van der Waals surface area contributed by atoms with Crippen molar-refractivity contribution in [1.82, 2.24) is 9.71 Å². The first-order chi connectivity index (χ1) is 7.95. The van der Waals surface area contributed by atoms with Crippen molar-refractivity contribution in [3.63, 3.8) is 0 Å². The largest absolute Gasteiger partial charge is 0.465 e. The van der Waals surface area contributed by atoms with Crippen LogP contribution in [0.15, 0.2) is 23.2 Å². The summed E-state index contributed by atoms with van der Waals surface area (Å²) in [6, 6.07) is 2.66. The number of aromatic nitrogens is 1. The summed E-state index contributed by atoms with van der Waals surface area (Å²) in [7, 11) is -3.76. The molecule has 0 fully saturated rings. The van der Waals surface area contributed by atoms with E-state index >= 15 is 0 Å². The maximum absolute atomic E-state index is 11.7. The first-order valence-electron chi connectivity index (χ1n) is 4.82. The molecule has 3 N–H and O–H groups in total. The Morgan fingerprint density at radius 2 is 2.24 bits per heavy atom. The number of ether oxygens (including phenoxy) is 1. The smallest absolute Gasteiger partial charge is 0.321 e. The fourth-order valence-corrected chi connectivity index (χ4v) is 1.91. The summed E-state index contributed by atoms with van der Waals surface area (Å²) in [4.78, 5) is 14.6. The van der Waals surface area contributed by atoms with Crippen LogP contribution in [0.5, 0.6) is 0 Å². The summed E-state index contributed by atoms with van der Waals surface area (Å²) in [5.74, 6) is -0.422. The van der Waals surface area contributed by atoms with Crippen molar-refractivity contribution in [2.45, 2.75) is 11.8 Å². The lowest BCUT2D eigenvalue weighted by Crippen LogP contribution is -2.30. The normalized spacial score (nSPS) is 11.1. The molecule has 0 aromatic carbocycles. The summed E-state index contributed by atoms with van der Waals surface area (Å²) in [5, 5.41) is 0. The van der Waals surface area contributed by atoms with Gasteiger partial charge in [0.2, 0.25) is 10.0 Å². The highest BCUT2D eigenvalue weighted by molar-refractivity contribution is 7.89. The van der Waals surface area contributed by atoms with Crippen LogP contribution in [0, 0.1) is 0 Å². The molecular formula is C9H13N3O4S. The number of nitrogens with one attached hydrogen (secondary N) is 1. The minimum absolute atomic E-state index is 0.0593. The van der Waals surface area contributed by atoms with Gasteiger partial charge in [0.15, 0.2) is 0 Å². The molecule has 0 aliphatic carbocycles. The first kappa shape index (κ1) is 13.4. The summed E-state index contributed by atoms with van der Waals surface area (Å²) < 4.78 is 30.0. The van der Waals surface area contributed by atoms with Gasteiger partial charge in [-0.3, -0.25) is 4.79 Å². The third kappa shape index (κ3) is 4.00. The topological polar surface area (TPSA) is 111 Å². The van der Waals surface area contributed by atoms with E-state index in [2.05, 4.69) is 14.4 Å². The van der Waals surface area contributed by atoms with E-state index in [0.717, 1.165) is 6.20 Å². The van der Waals surface area contributed by atoms with Crippen LogP contribution in [-0.4, -0.2) is 32.5 Å². The van der Waals surface area contributed by atoms with Gasteiger partial charge >= 0.3 is 5.97 Å². The van der Waals surface area contributed by atoms with Gasteiger partial charge in [-0.15, -0.1) is 0 Å². The molecule has 0 saturated carbocycles. The maximum Gasteiger partial charge on any atom is 0.321 e. The molecule has 17 heavy (non-hydrogen) atoms. The highest BCUT2D eigenvalue weighted by Gasteiger charge is 2.15. The molecule has 1 aromatic heterocycles. The zero-order chi connectivity index (χ0) is 12.9. The van der Waals surface area contributed by atoms with Crippen molar-refractivity contribution >= 4 is 21.8 Å². The van der Waals surface area contributed by atoms with Crippen molar-refractivity contribution in [3.8, 4) is 0 Å². The number of nitrogens with two attached hydrogens (primary N) is 1. The highest BCUT2D eigenvalue weighted by atomic mass is 32.2. The average molecular weight is 259 g/mol. The molecule has 0 bridgehead atoms. The second kappa shape index (κ2) is 5.60. The maximum atomic E-state index is 11.7. The predicted octanol–water partition coefficient (Wildman–Crippen LogP) is -0.495. The summed E-state index contributed by atoms with van der Waals surface area (Å²) in [6.45, 7) is 1.42. The molecular weight excluding hydrogens is 246 g/mol. The molecule has 7 nitrogen and oxygen atoms in total. The molecule has 8 heteroatoms. The summed E-state index contributed by atoms with van der Waals surface area (Å²) in [6.07, 6.45) is 1.11. The number of esters is 1. The number of pyridine rings is 1. The van der Waals surface area contributed by atoms with Crippen LogP contribution in [-0.2, 0) is 19.6 Å². The fourth-order valence-electron chi connectivity index (χ4n) is 1.000. The first-order valence-corrected chi connectivity index (χ1v) is 6.31. The zero-order valence-electron chi connectivity index (χ0n) is 9.21. The van der Waals surface area contributed by atoms with Gasteiger partial charge < -0.3 is 10.5 Å². The molecule has 0 atom stereocenters. The molecule has 0 spiro atoms. The Balaban J connectivity index is 2.69. The van der Waals surface area contributed by atoms with Crippen LogP contribution in [0.3, 0.4) is 0 Å². The van der Waals surface area contributed by atoms with Crippen LogP contribution >= 0.6 is 0 Å². The van der Waals surface area contributed by atoms with E-state index in [1.807, 2.05) is 0 Å². The van der Waals surface area contributed by atoms with Crippen molar-refractivity contribution < 1.29 is 17.9 Å². The Kier molecular flexibility index (Phi) is 4.41. The molecule has 0 unspecified atom stereocenters. The molecule has 0 aliphatic rings. The second-order valence-electron chi connectivity index (χ2n) is 3.05. The van der Waals surface area contributed by atoms with Gasteiger partial charge in [-0.25, -0.2) is 13.4 Å². The van der Waals surface area contributed by atoms with Gasteiger partial charge in [0.25, 0.3) is 0 Å². The number of sulfonamides is 1. The minimum atomic E-state index is -3.76. The van der Waals surface area contributed by atoms with Gasteiger partial charge in [0.05, 0.1) is 6.61 Å². The molecule has 94 valence electrons. The van der Waals surface area contributed by atoms with E-state index in [1.54, 1.807) is 6.92 Å². The van der Waals surface area contributed by atoms with Gasteiger partial charge in [0, 0.05) is 6.20 Å². The van der Waals surface area contributed by atoms with E-state index in [9.17, 15) is 13.2 Å². The Bertz CT molecular complexity index is 483. The standard InChI is InChI=1S/C9H13N3O4S/c1-2-16-9(13)6-12-17(14,15)7-3-4-8(10)11-5-7/h3-5,12H,2,6H2,1H3,(H2,10,11). The van der Waals surface area contributed by atoms with Crippen LogP contribution in [0.4, 0.5) is 5.82 Å². The number of hydrogen-bond donors (Lipinski definition) is 2. The van der Waals surface area contributed by atoms with Crippen LogP contribution in [0.1, 0.15) is 6.92 Å². The Hall–Kier alpha value is -1.67. The lowest BCUT2D eigenvalue weighted by molar-refractivity contribution is -0.141. The number of anilines is 1. The second-order valence-corrected chi connectivity index (χ2v) is 4.82. The number of hydrogen-bond acceptors (Lipinski definition) is 6. The molecule has 1 heterocycles. The van der Waals surface area contributed by atoms with Crippen molar-refractivity contribution in [2.75, 3.05) is 18.9 Å². The lowest BCUT2D eigenvalue weighted by Gasteiger charge is -2.06. The van der Waals surface area contributed by atoms with Gasteiger partial charge in [0.1, 0.15) is 17.3 Å². The van der Waals surface area contributed by atoms with Crippen LogP contribution in [0.2, 0.25) is 0 Å². The van der Waals surface area contributed by atoms with Crippen LogP contribution in [0.25, 0.3) is 0 Å². The monoisotopic (exact) mass is 259 g/mol. The number of carbonyl (C=O) groups excluding carboxylic acids is 1. The predicted molar refractivity (Wildman–Crippen MR) is 60.5 cm³/mol. The number of nitrogens with zero attached hydrogens (tertiary/aromatic N) is 1. The Morgan fingerprint density at radius 3 is 2.76 bits per heavy atom. The van der Waals surface area contributed by atoms with E-state index in [0.29, 0.717) is 0 Å². The Morgan fingerprint density at radius 1 is 1.53 bits per heavy atom. The highest BCUT2D eigenvalue weighted by Crippen LogP contribution is 2.07. The number of nitrogen functional groups attached to an aromatic ring is 1. The van der Waals surface area contributed by atoms with Crippen molar-refractivity contribution in [1.29, 1.82) is 0 Å². The quantitative estimate of drug-likeness (QED) is 0.690. The van der Waals surface area contributed by atoms with Gasteiger partial charge in [-0.1, -0.05) is 0 Å². The zero-order valence-corrected chi connectivity index (χ0v) is 10.0. The molecule has 0 aliphatic heterocycles. The molecule has 0 saturated heterocycles. The number of carbonyl (C=O) groups is 1.